The van der Waals surface area contributed by atoms with E-state index in [-0.39, 0.29) is 5.75 Å². The second kappa shape index (κ2) is 5.37. The van der Waals surface area contributed by atoms with Crippen molar-refractivity contribution in [3.63, 3.8) is 0 Å². The third-order valence-electron chi connectivity index (χ3n) is 3.35. The minimum Gasteiger partial charge on any atom is -0.507 e. The minimum absolute atomic E-state index is 0.251. The van der Waals surface area contributed by atoms with Crippen molar-refractivity contribution in [2.24, 2.45) is 4.99 Å². The molecule has 0 aliphatic heterocycles. The molecule has 104 valence electrons. The molecule has 1 N–H and O–H groups in total. The van der Waals surface area contributed by atoms with E-state index in [9.17, 15) is 5.11 Å². The highest BCUT2D eigenvalue weighted by molar-refractivity contribution is 5.97. The Kier molecular flexibility index (Phi) is 3.40. The molecule has 3 aromatic rings. The van der Waals surface area contributed by atoms with Crippen LogP contribution in [-0.2, 0) is 0 Å². The van der Waals surface area contributed by atoms with Crippen LogP contribution in [0, 0.1) is 13.8 Å². The van der Waals surface area contributed by atoms with Crippen LogP contribution >= 0.6 is 0 Å². The van der Waals surface area contributed by atoms with E-state index in [0.29, 0.717) is 11.4 Å². The molecule has 0 unspecified atom stereocenters. The maximum Gasteiger partial charge on any atom is 0.152 e. The Morgan fingerprint density at radius 3 is 2.67 bits per heavy atom. The number of nitrogens with zero attached hydrogens (tertiary/aromatic N) is 2. The van der Waals surface area contributed by atoms with Gasteiger partial charge in [-0.2, -0.15) is 0 Å². The Balaban J connectivity index is 2.01. The number of hydrogen-bond acceptors (Lipinski definition) is 3. The van der Waals surface area contributed by atoms with Crippen molar-refractivity contribution < 1.29 is 5.11 Å². The van der Waals surface area contributed by atoms with E-state index in [4.69, 9.17) is 0 Å². The molecular formula is C18H16N2O. The first-order valence-corrected chi connectivity index (χ1v) is 6.83. The zero-order valence-corrected chi connectivity index (χ0v) is 12.0. The third kappa shape index (κ3) is 2.77. The number of aromatic hydroxyl groups is 1. The summed E-state index contributed by atoms with van der Waals surface area (Å²) < 4.78 is 0. The van der Waals surface area contributed by atoms with Gasteiger partial charge in [0.05, 0.1) is 0 Å². The third-order valence-corrected chi connectivity index (χ3v) is 3.35. The second-order valence-corrected chi connectivity index (χ2v) is 5.13. The molecule has 3 heteroatoms. The molecule has 0 bridgehead atoms. The van der Waals surface area contributed by atoms with Crippen molar-refractivity contribution in [1.29, 1.82) is 0 Å². The van der Waals surface area contributed by atoms with Crippen molar-refractivity contribution in [2.75, 3.05) is 0 Å². The van der Waals surface area contributed by atoms with Gasteiger partial charge < -0.3 is 5.11 Å². The molecule has 1 heterocycles. The molecule has 0 spiro atoms. The molecule has 0 fully saturated rings. The topological polar surface area (TPSA) is 45.5 Å². The lowest BCUT2D eigenvalue weighted by molar-refractivity contribution is 0.481. The number of phenolic OH excluding ortho intramolecular Hbond substituents is 1. The zero-order valence-electron chi connectivity index (χ0n) is 12.0. The summed E-state index contributed by atoms with van der Waals surface area (Å²) >= 11 is 0. The lowest BCUT2D eigenvalue weighted by Crippen LogP contribution is -1.86. The van der Waals surface area contributed by atoms with Crippen LogP contribution in [0.4, 0.5) is 5.82 Å². The summed E-state index contributed by atoms with van der Waals surface area (Å²) in [6, 6.07) is 15.5. The van der Waals surface area contributed by atoms with Crippen LogP contribution in [-0.4, -0.2) is 16.3 Å². The molecule has 21 heavy (non-hydrogen) atoms. The maximum atomic E-state index is 10.3. The molecule has 0 radical (unpaired) electrons. The van der Waals surface area contributed by atoms with E-state index in [1.807, 2.05) is 62.4 Å². The van der Waals surface area contributed by atoms with Crippen LogP contribution in [0.1, 0.15) is 16.8 Å². The molecule has 0 aliphatic carbocycles. The van der Waals surface area contributed by atoms with Crippen molar-refractivity contribution in [1.82, 2.24) is 4.98 Å². The summed E-state index contributed by atoms with van der Waals surface area (Å²) in [5.74, 6) is 0.904. The monoisotopic (exact) mass is 276 g/mol. The zero-order chi connectivity index (χ0) is 14.8. The van der Waals surface area contributed by atoms with E-state index in [1.54, 1.807) is 6.21 Å². The van der Waals surface area contributed by atoms with Crippen LogP contribution in [0.5, 0.6) is 5.75 Å². The predicted octanol–water partition coefficient (Wildman–Crippen LogP) is 4.31. The standard InChI is InChI=1S/C18H16N2O/c1-12-9-13(2)20-17(10-12)19-11-15-8-7-14-5-3-4-6-16(14)18(15)21/h3-11,21H,1-2H3. The average Bonchev–Trinajstić information content (AvgIpc) is 2.46. The molecule has 3 rings (SSSR count). The summed E-state index contributed by atoms with van der Waals surface area (Å²) in [6.45, 7) is 3.96. The Labute approximate surface area is 123 Å². The van der Waals surface area contributed by atoms with Gasteiger partial charge in [0, 0.05) is 22.9 Å². The molecule has 2 aromatic carbocycles. The fourth-order valence-electron chi connectivity index (χ4n) is 2.40. The lowest BCUT2D eigenvalue weighted by atomic mass is 10.1. The van der Waals surface area contributed by atoms with Crippen molar-refractivity contribution in [2.45, 2.75) is 13.8 Å². The van der Waals surface area contributed by atoms with Gasteiger partial charge in [-0.25, -0.2) is 9.98 Å². The number of hydrogen-bond donors (Lipinski definition) is 1. The van der Waals surface area contributed by atoms with Gasteiger partial charge in [0.15, 0.2) is 5.82 Å². The SMILES string of the molecule is Cc1cc(C)nc(N=Cc2ccc3ccccc3c2O)c1. The first-order valence-electron chi connectivity index (χ1n) is 6.83. The van der Waals surface area contributed by atoms with Crippen LogP contribution in [0.3, 0.4) is 0 Å². The van der Waals surface area contributed by atoms with E-state index in [0.717, 1.165) is 22.0 Å². The van der Waals surface area contributed by atoms with Gasteiger partial charge in [0.1, 0.15) is 5.75 Å². The number of fused-ring (bicyclic) bond motifs is 1. The lowest BCUT2D eigenvalue weighted by Gasteiger charge is -2.04. The molecule has 0 saturated carbocycles. The number of pyridine rings is 1. The maximum absolute atomic E-state index is 10.3. The minimum atomic E-state index is 0.251. The number of aromatic nitrogens is 1. The summed E-state index contributed by atoms with van der Waals surface area (Å²) in [6.07, 6.45) is 1.66. The predicted molar refractivity (Wildman–Crippen MR) is 86.6 cm³/mol. The van der Waals surface area contributed by atoms with Crippen LogP contribution in [0.25, 0.3) is 10.8 Å². The summed E-state index contributed by atoms with van der Waals surface area (Å²) in [4.78, 5) is 8.73. The largest absolute Gasteiger partial charge is 0.507 e. The number of benzene rings is 2. The van der Waals surface area contributed by atoms with E-state index >= 15 is 0 Å². The Bertz CT molecular complexity index is 817. The molecule has 0 saturated heterocycles. The van der Waals surface area contributed by atoms with Gasteiger partial charge >= 0.3 is 0 Å². The van der Waals surface area contributed by atoms with E-state index < -0.39 is 0 Å². The molecule has 0 amide bonds. The molecular weight excluding hydrogens is 260 g/mol. The van der Waals surface area contributed by atoms with Gasteiger partial charge in [-0.3, -0.25) is 0 Å². The fourth-order valence-corrected chi connectivity index (χ4v) is 2.40. The van der Waals surface area contributed by atoms with E-state index in [1.165, 1.54) is 0 Å². The van der Waals surface area contributed by atoms with Crippen molar-refractivity contribution >= 4 is 22.8 Å². The van der Waals surface area contributed by atoms with Crippen LogP contribution in [0.2, 0.25) is 0 Å². The Morgan fingerprint density at radius 2 is 1.86 bits per heavy atom. The van der Waals surface area contributed by atoms with Gasteiger partial charge in [-0.15, -0.1) is 0 Å². The van der Waals surface area contributed by atoms with Crippen molar-refractivity contribution in [3.05, 3.63) is 65.4 Å². The van der Waals surface area contributed by atoms with Crippen molar-refractivity contribution in [3.8, 4) is 5.75 Å². The highest BCUT2D eigenvalue weighted by atomic mass is 16.3. The Morgan fingerprint density at radius 1 is 1.05 bits per heavy atom. The highest BCUT2D eigenvalue weighted by Crippen LogP contribution is 2.27. The smallest absolute Gasteiger partial charge is 0.152 e. The van der Waals surface area contributed by atoms with Gasteiger partial charge in [0.25, 0.3) is 0 Å². The normalized spacial score (nSPS) is 11.3. The molecule has 1 aromatic heterocycles. The first kappa shape index (κ1) is 13.3. The van der Waals surface area contributed by atoms with Gasteiger partial charge in [-0.05, 0) is 43.0 Å². The molecule has 0 atom stereocenters. The number of phenols is 1. The molecule has 0 aliphatic rings. The number of aliphatic imine (C=N–C) groups is 1. The quantitative estimate of drug-likeness (QED) is 0.709. The van der Waals surface area contributed by atoms with Gasteiger partial charge in [-0.1, -0.05) is 30.3 Å². The summed E-state index contributed by atoms with van der Waals surface area (Å²) in [5.41, 5.74) is 2.75. The van der Waals surface area contributed by atoms with Crippen LogP contribution < -0.4 is 0 Å². The fraction of sp³-hybridized carbons (Fsp3) is 0.111. The number of rotatable bonds is 2. The summed E-state index contributed by atoms with van der Waals surface area (Å²) in [7, 11) is 0. The number of aryl methyl sites for hydroxylation is 2. The second-order valence-electron chi connectivity index (χ2n) is 5.13. The van der Waals surface area contributed by atoms with E-state index in [2.05, 4.69) is 9.98 Å². The highest BCUT2D eigenvalue weighted by Gasteiger charge is 2.04. The van der Waals surface area contributed by atoms with Gasteiger partial charge in [0.2, 0.25) is 0 Å². The van der Waals surface area contributed by atoms with Crippen LogP contribution in [0.15, 0.2) is 53.5 Å². The average molecular weight is 276 g/mol. The Hall–Kier alpha value is -2.68. The summed E-state index contributed by atoms with van der Waals surface area (Å²) in [5, 5.41) is 12.2. The molecule has 3 nitrogen and oxygen atoms in total. The first-order chi connectivity index (χ1) is 10.1.